The van der Waals surface area contributed by atoms with E-state index in [1.165, 1.54) is 13.2 Å². The lowest BCUT2D eigenvalue weighted by Crippen LogP contribution is -2.43. The van der Waals surface area contributed by atoms with E-state index < -0.39 is 23.7 Å². The Morgan fingerprint density at radius 2 is 2.12 bits per heavy atom. The fraction of sp³-hybridized carbons (Fsp3) is 0.278. The summed E-state index contributed by atoms with van der Waals surface area (Å²) in [5.74, 6) is -1.70. The first-order valence-corrected chi connectivity index (χ1v) is 7.82. The summed E-state index contributed by atoms with van der Waals surface area (Å²) in [6, 6.07) is 6.67. The van der Waals surface area contributed by atoms with Crippen molar-refractivity contribution in [2.45, 2.75) is 19.4 Å². The zero-order valence-corrected chi connectivity index (χ0v) is 14.1. The molecule has 3 N–H and O–H groups in total. The number of hydrogen-bond donors (Lipinski definition) is 2. The van der Waals surface area contributed by atoms with Gasteiger partial charge in [-0.15, -0.1) is 0 Å². The third kappa shape index (κ3) is 4.60. The minimum Gasteiger partial charge on any atom is -0.468 e. The lowest BCUT2D eigenvalue weighted by molar-refractivity contribution is -0.141. The molecule has 0 fully saturated rings. The van der Waals surface area contributed by atoms with Crippen molar-refractivity contribution in [3.63, 3.8) is 0 Å². The van der Waals surface area contributed by atoms with Crippen molar-refractivity contribution in [2.24, 2.45) is 5.73 Å². The lowest BCUT2D eigenvalue weighted by Gasteiger charge is -2.12. The maximum Gasteiger partial charge on any atom is 0.324 e. The fourth-order valence-corrected chi connectivity index (χ4v) is 2.40. The van der Waals surface area contributed by atoms with Gasteiger partial charge in [0.05, 0.1) is 7.11 Å². The monoisotopic (exact) mass is 345 g/mol. The van der Waals surface area contributed by atoms with Crippen LogP contribution in [0.2, 0.25) is 0 Å². The largest absolute Gasteiger partial charge is 0.468 e. The highest BCUT2D eigenvalue weighted by atomic mass is 19.1. The summed E-state index contributed by atoms with van der Waals surface area (Å²) in [4.78, 5) is 27.8. The number of aryl methyl sites for hydroxylation is 1. The van der Waals surface area contributed by atoms with Crippen molar-refractivity contribution in [3.05, 3.63) is 53.6 Å². The van der Waals surface area contributed by atoms with E-state index in [9.17, 15) is 14.0 Å². The Bertz CT molecular complexity index is 780. The predicted octanol–water partition coefficient (Wildman–Crippen LogP) is 1.68. The summed E-state index contributed by atoms with van der Waals surface area (Å²) < 4.78 is 18.5. The third-order valence-electron chi connectivity index (χ3n) is 3.68. The minimum absolute atomic E-state index is 0.107. The molecule has 0 bridgehead atoms. The van der Waals surface area contributed by atoms with Gasteiger partial charge in [-0.25, -0.2) is 4.39 Å². The number of rotatable bonds is 6. The van der Waals surface area contributed by atoms with Crippen LogP contribution < -0.4 is 11.1 Å². The first-order chi connectivity index (χ1) is 12.0. The number of carbonyl (C=O) groups is 2. The van der Waals surface area contributed by atoms with Crippen molar-refractivity contribution in [3.8, 4) is 11.1 Å². The van der Waals surface area contributed by atoms with Gasteiger partial charge in [-0.1, -0.05) is 13.0 Å². The highest BCUT2D eigenvalue weighted by molar-refractivity contribution is 5.96. The molecule has 7 heteroatoms. The van der Waals surface area contributed by atoms with Crippen molar-refractivity contribution in [1.29, 1.82) is 0 Å². The number of amides is 1. The van der Waals surface area contributed by atoms with Gasteiger partial charge in [-0.3, -0.25) is 14.6 Å². The van der Waals surface area contributed by atoms with Crippen LogP contribution in [0.25, 0.3) is 11.1 Å². The molecular weight excluding hydrogens is 325 g/mol. The zero-order chi connectivity index (χ0) is 18.4. The summed E-state index contributed by atoms with van der Waals surface area (Å²) in [5.41, 5.74) is 7.85. The number of carbonyl (C=O) groups excluding carboxylic acids is 2. The molecule has 0 aliphatic heterocycles. The standard InChI is InChI=1S/C18H20FN3O3/c1-3-16-14(5-4-6-21-16)11-7-12(9-13(19)8-11)17(23)22-10-15(20)18(24)25-2/h4-9,15H,3,10,20H2,1-2H3,(H,22,23)/t15-/m1/s1. The molecule has 1 aromatic carbocycles. The van der Waals surface area contributed by atoms with Gasteiger partial charge in [0.15, 0.2) is 0 Å². The summed E-state index contributed by atoms with van der Waals surface area (Å²) in [6.07, 6.45) is 2.35. The van der Waals surface area contributed by atoms with Crippen LogP contribution in [-0.4, -0.2) is 36.6 Å². The van der Waals surface area contributed by atoms with E-state index in [-0.39, 0.29) is 12.1 Å². The van der Waals surface area contributed by atoms with E-state index in [1.54, 1.807) is 18.3 Å². The topological polar surface area (TPSA) is 94.3 Å². The summed E-state index contributed by atoms with van der Waals surface area (Å²) in [6.45, 7) is 1.84. The Kier molecular flexibility index (Phi) is 6.19. The zero-order valence-electron chi connectivity index (χ0n) is 14.1. The number of pyridine rings is 1. The number of benzene rings is 1. The molecule has 1 atom stereocenters. The Balaban J connectivity index is 2.24. The molecule has 1 amide bonds. The van der Waals surface area contributed by atoms with Crippen molar-refractivity contribution in [2.75, 3.05) is 13.7 Å². The molecule has 0 aliphatic carbocycles. The van der Waals surface area contributed by atoms with Crippen molar-refractivity contribution in [1.82, 2.24) is 10.3 Å². The number of ether oxygens (including phenoxy) is 1. The molecule has 0 spiro atoms. The first-order valence-electron chi connectivity index (χ1n) is 7.82. The second kappa shape index (κ2) is 8.34. The molecule has 1 heterocycles. The average molecular weight is 345 g/mol. The molecule has 0 radical (unpaired) electrons. The summed E-state index contributed by atoms with van der Waals surface area (Å²) in [7, 11) is 1.21. The van der Waals surface area contributed by atoms with Gasteiger partial charge >= 0.3 is 5.97 Å². The number of esters is 1. The van der Waals surface area contributed by atoms with Gasteiger partial charge in [0.2, 0.25) is 0 Å². The molecule has 132 valence electrons. The second-order valence-corrected chi connectivity index (χ2v) is 5.42. The number of methoxy groups -OCH3 is 1. The van der Waals surface area contributed by atoms with Crippen LogP contribution in [-0.2, 0) is 16.0 Å². The molecule has 25 heavy (non-hydrogen) atoms. The number of hydrogen-bond acceptors (Lipinski definition) is 5. The van der Waals surface area contributed by atoms with Crippen molar-refractivity contribution >= 4 is 11.9 Å². The van der Waals surface area contributed by atoms with Gasteiger partial charge in [-0.05, 0) is 36.2 Å². The second-order valence-electron chi connectivity index (χ2n) is 5.42. The number of nitrogens with zero attached hydrogens (tertiary/aromatic N) is 1. The van der Waals surface area contributed by atoms with Gasteiger partial charge in [0, 0.05) is 29.6 Å². The Labute approximate surface area is 145 Å². The van der Waals surface area contributed by atoms with Crippen molar-refractivity contribution < 1.29 is 18.7 Å². The van der Waals surface area contributed by atoms with E-state index in [4.69, 9.17) is 5.73 Å². The van der Waals surface area contributed by atoms with Gasteiger partial charge in [0.1, 0.15) is 11.9 Å². The Morgan fingerprint density at radius 3 is 2.80 bits per heavy atom. The molecule has 0 unspecified atom stereocenters. The molecule has 2 aromatic rings. The van der Waals surface area contributed by atoms with Crippen LogP contribution >= 0.6 is 0 Å². The number of nitrogens with two attached hydrogens (primary N) is 1. The molecule has 0 aliphatic rings. The molecule has 2 rings (SSSR count). The highest BCUT2D eigenvalue weighted by Gasteiger charge is 2.17. The molecular formula is C18H20FN3O3. The average Bonchev–Trinajstić information content (AvgIpc) is 2.64. The number of halogens is 1. The Hall–Kier alpha value is -2.80. The van der Waals surface area contributed by atoms with Gasteiger partial charge < -0.3 is 15.8 Å². The number of aromatic nitrogens is 1. The van der Waals surface area contributed by atoms with E-state index >= 15 is 0 Å². The molecule has 0 saturated heterocycles. The minimum atomic E-state index is -0.980. The van der Waals surface area contributed by atoms with E-state index in [0.717, 1.165) is 17.3 Å². The van der Waals surface area contributed by atoms with Crippen LogP contribution in [0.1, 0.15) is 23.0 Å². The summed E-state index contributed by atoms with van der Waals surface area (Å²) in [5, 5.41) is 2.50. The van der Waals surface area contributed by atoms with E-state index in [2.05, 4.69) is 15.0 Å². The van der Waals surface area contributed by atoms with Gasteiger partial charge in [-0.2, -0.15) is 0 Å². The predicted molar refractivity (Wildman–Crippen MR) is 91.3 cm³/mol. The van der Waals surface area contributed by atoms with Crippen LogP contribution in [0.4, 0.5) is 4.39 Å². The quantitative estimate of drug-likeness (QED) is 0.777. The SMILES string of the molecule is CCc1ncccc1-c1cc(F)cc(C(=O)NC[C@@H](N)C(=O)OC)c1. The van der Waals surface area contributed by atoms with E-state index in [1.807, 2.05) is 13.0 Å². The Morgan fingerprint density at radius 1 is 1.36 bits per heavy atom. The first kappa shape index (κ1) is 18.5. The van der Waals surface area contributed by atoms with Crippen LogP contribution in [0, 0.1) is 5.82 Å². The lowest BCUT2D eigenvalue weighted by atomic mass is 10.00. The van der Waals surface area contributed by atoms with Crippen LogP contribution in [0.3, 0.4) is 0 Å². The van der Waals surface area contributed by atoms with E-state index in [0.29, 0.717) is 12.0 Å². The summed E-state index contributed by atoms with van der Waals surface area (Å²) >= 11 is 0. The molecule has 6 nitrogen and oxygen atoms in total. The fourth-order valence-electron chi connectivity index (χ4n) is 2.40. The van der Waals surface area contributed by atoms with Crippen LogP contribution in [0.5, 0.6) is 0 Å². The maximum absolute atomic E-state index is 14.0. The third-order valence-corrected chi connectivity index (χ3v) is 3.68. The van der Waals surface area contributed by atoms with Crippen LogP contribution in [0.15, 0.2) is 36.5 Å². The molecule has 0 saturated carbocycles. The highest BCUT2D eigenvalue weighted by Crippen LogP contribution is 2.25. The maximum atomic E-state index is 14.0. The number of nitrogens with one attached hydrogen (secondary N) is 1. The normalized spacial score (nSPS) is 11.7. The smallest absolute Gasteiger partial charge is 0.324 e. The van der Waals surface area contributed by atoms with Gasteiger partial charge in [0.25, 0.3) is 5.91 Å². The molecule has 1 aromatic heterocycles.